The molecule has 66 valence electrons. The van der Waals surface area contributed by atoms with E-state index in [1.165, 1.54) is 5.56 Å². The number of ketones is 1. The molecule has 2 aliphatic carbocycles. The van der Waals surface area contributed by atoms with Crippen LogP contribution in [0.25, 0.3) is 0 Å². The highest BCUT2D eigenvalue weighted by Gasteiger charge is 2.58. The molecule has 2 aliphatic rings. The van der Waals surface area contributed by atoms with Crippen LogP contribution in [-0.4, -0.2) is 5.78 Å². The highest BCUT2D eigenvalue weighted by molar-refractivity contribution is 5.88. The fourth-order valence-electron chi connectivity index (χ4n) is 2.78. The molecule has 2 saturated carbocycles. The van der Waals surface area contributed by atoms with Crippen molar-refractivity contribution in [2.75, 3.05) is 0 Å². The number of carbonyl (C=O) groups is 1. The second kappa shape index (κ2) is 2.44. The van der Waals surface area contributed by atoms with E-state index in [0.29, 0.717) is 23.5 Å². The predicted octanol–water partition coefficient (Wildman–Crippen LogP) is 2.38. The number of rotatable bonds is 1. The molecule has 0 aliphatic heterocycles. The molecule has 1 nitrogen and oxygen atoms in total. The van der Waals surface area contributed by atoms with Crippen molar-refractivity contribution in [2.24, 2.45) is 11.8 Å². The molecule has 1 aromatic carbocycles. The van der Waals surface area contributed by atoms with Crippen LogP contribution >= 0.6 is 0 Å². The number of hydrogen-bond acceptors (Lipinski definition) is 1. The number of Topliss-reactive ketones (excluding diaryl/α,β-unsaturated/α-hetero) is 1. The second-order valence-corrected chi connectivity index (χ2v) is 4.13. The van der Waals surface area contributed by atoms with Gasteiger partial charge in [0.25, 0.3) is 0 Å². The number of benzene rings is 1. The van der Waals surface area contributed by atoms with Crippen LogP contribution in [0.4, 0.5) is 0 Å². The van der Waals surface area contributed by atoms with Gasteiger partial charge in [-0.2, -0.15) is 0 Å². The molecule has 0 bridgehead atoms. The van der Waals surface area contributed by atoms with Crippen LogP contribution in [0.5, 0.6) is 0 Å². The smallest absolute Gasteiger partial charge is 0.136 e. The monoisotopic (exact) mass is 172 g/mol. The van der Waals surface area contributed by atoms with Gasteiger partial charge in [-0.05, 0) is 23.8 Å². The Kier molecular flexibility index (Phi) is 1.37. The normalized spacial score (nSPS) is 36.0. The lowest BCUT2D eigenvalue weighted by atomic mass is 10.0. The first-order valence-electron chi connectivity index (χ1n) is 4.95. The van der Waals surface area contributed by atoms with E-state index in [9.17, 15) is 4.79 Å². The zero-order valence-electron chi connectivity index (χ0n) is 7.44. The Morgan fingerprint density at radius 1 is 1.08 bits per heavy atom. The maximum absolute atomic E-state index is 11.4. The van der Waals surface area contributed by atoms with Crippen molar-refractivity contribution in [1.82, 2.24) is 0 Å². The highest BCUT2D eigenvalue weighted by atomic mass is 16.1. The van der Waals surface area contributed by atoms with Crippen molar-refractivity contribution >= 4 is 5.78 Å². The van der Waals surface area contributed by atoms with Crippen LogP contribution in [-0.2, 0) is 4.79 Å². The number of fused-ring (bicyclic) bond motifs is 1. The van der Waals surface area contributed by atoms with E-state index < -0.39 is 0 Å². The highest BCUT2D eigenvalue weighted by Crippen LogP contribution is 2.61. The first kappa shape index (κ1) is 7.31. The zero-order chi connectivity index (χ0) is 8.84. The maximum atomic E-state index is 11.4. The molecular weight excluding hydrogens is 160 g/mol. The second-order valence-electron chi connectivity index (χ2n) is 4.13. The molecule has 0 amide bonds. The van der Waals surface area contributed by atoms with Crippen molar-refractivity contribution in [3.63, 3.8) is 0 Å². The summed E-state index contributed by atoms with van der Waals surface area (Å²) in [5.74, 6) is 2.15. The molecule has 1 aromatic rings. The summed E-state index contributed by atoms with van der Waals surface area (Å²) in [6.07, 6.45) is 1.96. The van der Waals surface area contributed by atoms with Crippen molar-refractivity contribution in [3.05, 3.63) is 35.9 Å². The van der Waals surface area contributed by atoms with Crippen molar-refractivity contribution in [2.45, 2.75) is 18.8 Å². The molecule has 1 heteroatoms. The van der Waals surface area contributed by atoms with E-state index in [4.69, 9.17) is 0 Å². The molecule has 3 unspecified atom stereocenters. The van der Waals surface area contributed by atoms with Crippen molar-refractivity contribution < 1.29 is 4.79 Å². The van der Waals surface area contributed by atoms with Gasteiger partial charge in [-0.3, -0.25) is 4.79 Å². The Morgan fingerprint density at radius 2 is 1.85 bits per heavy atom. The Bertz CT molecular complexity index is 341. The molecule has 0 saturated heterocycles. The van der Waals surface area contributed by atoms with Gasteiger partial charge in [-0.15, -0.1) is 0 Å². The van der Waals surface area contributed by atoms with Gasteiger partial charge in [0.15, 0.2) is 0 Å². The summed E-state index contributed by atoms with van der Waals surface area (Å²) in [6, 6.07) is 10.5. The topological polar surface area (TPSA) is 17.1 Å². The van der Waals surface area contributed by atoms with Crippen LogP contribution in [0, 0.1) is 11.8 Å². The van der Waals surface area contributed by atoms with Gasteiger partial charge in [0.1, 0.15) is 5.78 Å². The lowest BCUT2D eigenvalue weighted by molar-refractivity contribution is -0.119. The summed E-state index contributed by atoms with van der Waals surface area (Å²) in [5.41, 5.74) is 1.37. The van der Waals surface area contributed by atoms with E-state index in [1.54, 1.807) is 0 Å². The lowest BCUT2D eigenvalue weighted by Crippen LogP contribution is -1.98. The number of hydrogen-bond donors (Lipinski definition) is 0. The minimum absolute atomic E-state index is 0.391. The van der Waals surface area contributed by atoms with E-state index in [-0.39, 0.29) is 0 Å². The standard InChI is InChI=1S/C12H12O/c13-10-7-6-9-11(12(9)10)8-4-2-1-3-5-8/h1-5,9,11-12H,6-7H2. The molecule has 3 atom stereocenters. The Morgan fingerprint density at radius 3 is 2.46 bits per heavy atom. The van der Waals surface area contributed by atoms with E-state index in [0.717, 1.165) is 12.8 Å². The summed E-state index contributed by atoms with van der Waals surface area (Å²) in [7, 11) is 0. The lowest BCUT2D eigenvalue weighted by Gasteiger charge is -2.01. The summed E-state index contributed by atoms with van der Waals surface area (Å²) >= 11 is 0. The van der Waals surface area contributed by atoms with Crippen LogP contribution < -0.4 is 0 Å². The van der Waals surface area contributed by atoms with Gasteiger partial charge in [0.2, 0.25) is 0 Å². The minimum Gasteiger partial charge on any atom is -0.299 e. The van der Waals surface area contributed by atoms with Crippen molar-refractivity contribution in [1.29, 1.82) is 0 Å². The molecule has 3 rings (SSSR count). The first-order chi connectivity index (χ1) is 6.38. The van der Waals surface area contributed by atoms with E-state index in [2.05, 4.69) is 24.3 Å². The average molecular weight is 172 g/mol. The molecule has 13 heavy (non-hydrogen) atoms. The first-order valence-corrected chi connectivity index (χ1v) is 4.95. The predicted molar refractivity (Wildman–Crippen MR) is 50.4 cm³/mol. The van der Waals surface area contributed by atoms with Crippen LogP contribution in [0.3, 0.4) is 0 Å². The SMILES string of the molecule is O=C1CCC2C1C2c1ccccc1. The van der Waals surface area contributed by atoms with Gasteiger partial charge < -0.3 is 0 Å². The third kappa shape index (κ3) is 0.963. The Hall–Kier alpha value is -1.11. The minimum atomic E-state index is 0.391. The Labute approximate surface area is 77.8 Å². The molecule has 0 N–H and O–H groups in total. The van der Waals surface area contributed by atoms with Gasteiger partial charge in [0.05, 0.1) is 0 Å². The Balaban J connectivity index is 1.88. The summed E-state index contributed by atoms with van der Waals surface area (Å²) in [6.45, 7) is 0. The van der Waals surface area contributed by atoms with Gasteiger partial charge in [-0.1, -0.05) is 30.3 Å². The molecule has 2 fully saturated rings. The van der Waals surface area contributed by atoms with E-state index >= 15 is 0 Å². The molecule has 0 aromatic heterocycles. The summed E-state index contributed by atoms with van der Waals surface area (Å²) in [5, 5.41) is 0. The molecule has 0 spiro atoms. The summed E-state index contributed by atoms with van der Waals surface area (Å²) < 4.78 is 0. The largest absolute Gasteiger partial charge is 0.299 e. The van der Waals surface area contributed by atoms with Crippen molar-refractivity contribution in [3.8, 4) is 0 Å². The van der Waals surface area contributed by atoms with Gasteiger partial charge in [0, 0.05) is 12.3 Å². The average Bonchev–Trinajstić information content (AvgIpc) is 2.80. The van der Waals surface area contributed by atoms with Crippen LogP contribution in [0.1, 0.15) is 24.3 Å². The van der Waals surface area contributed by atoms with Gasteiger partial charge >= 0.3 is 0 Å². The molecule has 0 heterocycles. The molecular formula is C12H12O. The fourth-order valence-corrected chi connectivity index (χ4v) is 2.78. The molecule has 0 radical (unpaired) electrons. The third-order valence-electron chi connectivity index (χ3n) is 3.45. The maximum Gasteiger partial charge on any atom is 0.136 e. The number of carbonyl (C=O) groups excluding carboxylic acids is 1. The third-order valence-corrected chi connectivity index (χ3v) is 3.45. The van der Waals surface area contributed by atoms with E-state index in [1.807, 2.05) is 6.07 Å². The van der Waals surface area contributed by atoms with Crippen LogP contribution in [0.15, 0.2) is 30.3 Å². The summed E-state index contributed by atoms with van der Waals surface area (Å²) in [4.78, 5) is 11.4. The van der Waals surface area contributed by atoms with Crippen LogP contribution in [0.2, 0.25) is 0 Å². The fraction of sp³-hybridized carbons (Fsp3) is 0.417. The quantitative estimate of drug-likeness (QED) is 0.635. The van der Waals surface area contributed by atoms with Gasteiger partial charge in [-0.25, -0.2) is 0 Å². The zero-order valence-corrected chi connectivity index (χ0v) is 7.44.